The number of hydrogen-bond acceptors (Lipinski definition) is 4. The molecule has 2 heterocycles. The molecule has 0 aliphatic carbocycles. The van der Waals surface area contributed by atoms with Crippen LogP contribution in [-0.4, -0.2) is 48.9 Å². The van der Waals surface area contributed by atoms with Crippen molar-refractivity contribution in [1.82, 2.24) is 9.80 Å². The van der Waals surface area contributed by atoms with Crippen LogP contribution in [-0.2, 0) is 0 Å². The first-order valence-corrected chi connectivity index (χ1v) is 7.33. The Morgan fingerprint density at radius 1 is 1.30 bits per heavy atom. The molecule has 1 aromatic carbocycles. The molecule has 0 spiro atoms. The third-order valence-electron chi connectivity index (χ3n) is 3.67. The summed E-state index contributed by atoms with van der Waals surface area (Å²) in [4.78, 5) is 17.1. The Bertz CT molecular complexity index is 662. The number of hydrogen-bond donors (Lipinski definition) is 1. The van der Waals surface area contributed by atoms with Crippen LogP contribution in [0.15, 0.2) is 18.2 Å². The molecule has 2 N–H and O–H groups in total. The summed E-state index contributed by atoms with van der Waals surface area (Å²) in [6, 6.07) is 4.46. The van der Waals surface area contributed by atoms with Crippen LogP contribution in [0.25, 0.3) is 10.1 Å². The quantitative estimate of drug-likeness (QED) is 0.875. The number of halogens is 1. The van der Waals surface area contributed by atoms with Gasteiger partial charge in [0.15, 0.2) is 0 Å². The molecule has 0 bridgehead atoms. The van der Waals surface area contributed by atoms with Gasteiger partial charge in [-0.2, -0.15) is 0 Å². The molecule has 0 saturated carbocycles. The second-order valence-corrected chi connectivity index (χ2v) is 6.13. The largest absolute Gasteiger partial charge is 0.397 e. The van der Waals surface area contributed by atoms with Crippen LogP contribution in [0.1, 0.15) is 9.67 Å². The van der Waals surface area contributed by atoms with E-state index in [0.717, 1.165) is 17.8 Å². The Morgan fingerprint density at radius 2 is 2.00 bits per heavy atom. The van der Waals surface area contributed by atoms with E-state index in [4.69, 9.17) is 5.73 Å². The molecule has 0 unspecified atom stereocenters. The lowest BCUT2D eigenvalue weighted by Gasteiger charge is -2.32. The van der Waals surface area contributed by atoms with Crippen LogP contribution in [0.4, 0.5) is 10.1 Å². The van der Waals surface area contributed by atoms with Crippen LogP contribution in [0, 0.1) is 5.82 Å². The number of likely N-dealkylation sites (N-methyl/N-ethyl adjacent to an activating group) is 1. The molecule has 1 fully saturated rings. The number of thiophene rings is 1. The lowest BCUT2D eigenvalue weighted by atomic mass is 10.2. The molecule has 6 heteroatoms. The summed E-state index contributed by atoms with van der Waals surface area (Å²) in [5.74, 6) is -0.377. The lowest BCUT2D eigenvalue weighted by Crippen LogP contribution is -2.47. The smallest absolute Gasteiger partial charge is 0.266 e. The summed E-state index contributed by atoms with van der Waals surface area (Å²) < 4.78 is 14.1. The molecule has 106 valence electrons. The number of nitrogens with two attached hydrogens (primary N) is 1. The molecule has 1 aliphatic heterocycles. The van der Waals surface area contributed by atoms with E-state index in [1.807, 2.05) is 11.9 Å². The molecule has 2 aromatic rings. The second kappa shape index (κ2) is 5.03. The number of nitrogen functional groups attached to an aromatic ring is 1. The number of carbonyl (C=O) groups is 1. The Kier molecular flexibility index (Phi) is 3.35. The van der Waals surface area contributed by atoms with Crippen LogP contribution in [0.3, 0.4) is 0 Å². The zero-order chi connectivity index (χ0) is 14.3. The van der Waals surface area contributed by atoms with Crippen molar-refractivity contribution in [3.05, 3.63) is 28.9 Å². The van der Waals surface area contributed by atoms with Crippen LogP contribution in [0.5, 0.6) is 0 Å². The first-order valence-electron chi connectivity index (χ1n) is 6.51. The summed E-state index contributed by atoms with van der Waals surface area (Å²) >= 11 is 1.34. The zero-order valence-electron chi connectivity index (χ0n) is 11.2. The molecule has 20 heavy (non-hydrogen) atoms. The van der Waals surface area contributed by atoms with Gasteiger partial charge in [0.2, 0.25) is 0 Å². The van der Waals surface area contributed by atoms with E-state index >= 15 is 0 Å². The summed E-state index contributed by atoms with van der Waals surface area (Å²) in [6.45, 7) is 3.14. The van der Waals surface area contributed by atoms with Gasteiger partial charge in [0.25, 0.3) is 5.91 Å². The van der Waals surface area contributed by atoms with Crippen molar-refractivity contribution in [3.63, 3.8) is 0 Å². The fourth-order valence-electron chi connectivity index (χ4n) is 2.40. The Hall–Kier alpha value is -1.66. The average Bonchev–Trinajstić information content (AvgIpc) is 2.76. The van der Waals surface area contributed by atoms with E-state index in [9.17, 15) is 9.18 Å². The average molecular weight is 293 g/mol. The molecule has 0 atom stereocenters. The lowest BCUT2D eigenvalue weighted by molar-refractivity contribution is 0.0670. The number of amides is 1. The summed E-state index contributed by atoms with van der Waals surface area (Å²) in [5.41, 5.74) is 6.43. The molecule has 1 amide bonds. The molecule has 1 aliphatic rings. The Balaban J connectivity index is 1.93. The highest BCUT2D eigenvalue weighted by atomic mass is 32.1. The monoisotopic (exact) mass is 293 g/mol. The van der Waals surface area contributed by atoms with Crippen molar-refractivity contribution in [3.8, 4) is 0 Å². The number of anilines is 1. The number of nitrogens with zero attached hydrogens (tertiary/aromatic N) is 2. The maximum Gasteiger partial charge on any atom is 0.266 e. The van der Waals surface area contributed by atoms with Gasteiger partial charge in [0.05, 0.1) is 5.69 Å². The number of rotatable bonds is 1. The van der Waals surface area contributed by atoms with Crippen molar-refractivity contribution in [2.45, 2.75) is 0 Å². The van der Waals surface area contributed by atoms with Crippen molar-refractivity contribution in [2.75, 3.05) is 39.0 Å². The molecule has 1 aromatic heterocycles. The minimum absolute atomic E-state index is 0.0443. The van der Waals surface area contributed by atoms with Gasteiger partial charge in [-0.05, 0) is 25.2 Å². The third kappa shape index (κ3) is 2.25. The van der Waals surface area contributed by atoms with Gasteiger partial charge in [-0.1, -0.05) is 0 Å². The van der Waals surface area contributed by atoms with Gasteiger partial charge in [-0.25, -0.2) is 4.39 Å². The predicted octanol–water partition coefficient (Wildman–Crippen LogP) is 2.01. The van der Waals surface area contributed by atoms with E-state index in [2.05, 4.69) is 4.90 Å². The predicted molar refractivity (Wildman–Crippen MR) is 79.6 cm³/mol. The van der Waals surface area contributed by atoms with E-state index in [-0.39, 0.29) is 11.7 Å². The number of benzene rings is 1. The van der Waals surface area contributed by atoms with E-state index < -0.39 is 0 Å². The first-order chi connectivity index (χ1) is 9.56. The van der Waals surface area contributed by atoms with Crippen molar-refractivity contribution < 1.29 is 9.18 Å². The molecule has 0 radical (unpaired) electrons. The van der Waals surface area contributed by atoms with E-state index in [0.29, 0.717) is 29.0 Å². The number of piperazine rings is 1. The summed E-state index contributed by atoms with van der Waals surface area (Å²) in [5, 5.41) is 0.632. The highest BCUT2D eigenvalue weighted by molar-refractivity contribution is 7.21. The zero-order valence-corrected chi connectivity index (χ0v) is 12.0. The number of fused-ring (bicyclic) bond motifs is 1. The fraction of sp³-hybridized carbons (Fsp3) is 0.357. The summed E-state index contributed by atoms with van der Waals surface area (Å²) in [7, 11) is 2.04. The van der Waals surface area contributed by atoms with Crippen LogP contribution in [0.2, 0.25) is 0 Å². The minimum Gasteiger partial charge on any atom is -0.397 e. The molecule has 3 rings (SSSR count). The van der Waals surface area contributed by atoms with Gasteiger partial charge in [0.1, 0.15) is 10.7 Å². The SMILES string of the molecule is CN1CCN(C(=O)c2sc3ccc(F)cc3c2N)CC1. The standard InChI is InChI=1S/C14H16FN3OS/c1-17-4-6-18(7-5-17)14(19)13-12(16)10-8-9(15)2-3-11(10)20-13/h2-3,8H,4-7,16H2,1H3. The Labute approximate surface area is 120 Å². The molecule has 1 saturated heterocycles. The van der Waals surface area contributed by atoms with E-state index in [1.165, 1.54) is 23.5 Å². The fourth-order valence-corrected chi connectivity index (χ4v) is 3.47. The first kappa shape index (κ1) is 13.3. The van der Waals surface area contributed by atoms with Crippen molar-refractivity contribution >= 4 is 33.0 Å². The molecule has 4 nitrogen and oxygen atoms in total. The topological polar surface area (TPSA) is 49.6 Å². The van der Waals surface area contributed by atoms with E-state index in [1.54, 1.807) is 6.07 Å². The molecular formula is C14H16FN3OS. The highest BCUT2D eigenvalue weighted by Crippen LogP contribution is 2.34. The van der Waals surface area contributed by atoms with Gasteiger partial charge in [-0.15, -0.1) is 11.3 Å². The second-order valence-electron chi connectivity index (χ2n) is 5.08. The van der Waals surface area contributed by atoms with Crippen LogP contribution < -0.4 is 5.73 Å². The van der Waals surface area contributed by atoms with Gasteiger partial charge in [0, 0.05) is 36.3 Å². The van der Waals surface area contributed by atoms with Crippen LogP contribution >= 0.6 is 11.3 Å². The minimum atomic E-state index is -0.333. The third-order valence-corrected chi connectivity index (χ3v) is 4.85. The highest BCUT2D eigenvalue weighted by Gasteiger charge is 2.24. The Morgan fingerprint density at radius 3 is 2.70 bits per heavy atom. The maximum atomic E-state index is 13.3. The van der Waals surface area contributed by atoms with Crippen molar-refractivity contribution in [1.29, 1.82) is 0 Å². The number of carbonyl (C=O) groups excluding carboxylic acids is 1. The van der Waals surface area contributed by atoms with Gasteiger partial charge >= 0.3 is 0 Å². The van der Waals surface area contributed by atoms with Crippen molar-refractivity contribution in [2.24, 2.45) is 0 Å². The normalized spacial score (nSPS) is 16.8. The molecular weight excluding hydrogens is 277 g/mol. The summed E-state index contributed by atoms with van der Waals surface area (Å²) in [6.07, 6.45) is 0. The van der Waals surface area contributed by atoms with Gasteiger partial charge < -0.3 is 15.5 Å². The maximum absolute atomic E-state index is 13.3. The van der Waals surface area contributed by atoms with Gasteiger partial charge in [-0.3, -0.25) is 4.79 Å².